The van der Waals surface area contributed by atoms with Gasteiger partial charge in [-0.25, -0.2) is 0 Å². The van der Waals surface area contributed by atoms with Crippen molar-refractivity contribution in [1.82, 2.24) is 4.90 Å². The quantitative estimate of drug-likeness (QED) is 0.873. The normalized spacial score (nSPS) is 23.3. The Balaban J connectivity index is 1.82. The van der Waals surface area contributed by atoms with Crippen LogP contribution in [0.3, 0.4) is 0 Å². The molecule has 1 aliphatic carbocycles. The number of rotatable bonds is 3. The fourth-order valence-electron chi connectivity index (χ4n) is 4.48. The second-order valence-corrected chi connectivity index (χ2v) is 7.37. The smallest absolute Gasteiger partial charge is 0.194 e. The Morgan fingerprint density at radius 3 is 2.48 bits per heavy atom. The van der Waals surface area contributed by atoms with Crippen LogP contribution in [0.15, 0.2) is 76.1 Å². The lowest BCUT2D eigenvalue weighted by Crippen LogP contribution is -2.47. The molecule has 0 radical (unpaired) electrons. The monoisotopic (exact) mass is 381 g/mol. The highest BCUT2D eigenvalue weighted by molar-refractivity contribution is 5.58. The molecule has 6 heteroatoms. The number of benzene rings is 1. The van der Waals surface area contributed by atoms with Gasteiger partial charge in [0.1, 0.15) is 11.8 Å². The molecule has 142 valence electrons. The molecule has 2 aromatic rings. The third-order valence-electron chi connectivity index (χ3n) is 5.84. The van der Waals surface area contributed by atoms with E-state index >= 15 is 0 Å². The van der Waals surface area contributed by atoms with Crippen LogP contribution in [0.2, 0.25) is 0 Å². The Labute approximate surface area is 169 Å². The van der Waals surface area contributed by atoms with Gasteiger partial charge < -0.3 is 10.2 Å². The zero-order valence-corrected chi connectivity index (χ0v) is 15.7. The molecular formula is C23H19N5O. The van der Waals surface area contributed by atoms with Gasteiger partial charge in [0.15, 0.2) is 5.41 Å². The van der Waals surface area contributed by atoms with Gasteiger partial charge in [0, 0.05) is 25.6 Å². The van der Waals surface area contributed by atoms with Crippen LogP contribution in [0.5, 0.6) is 0 Å². The van der Waals surface area contributed by atoms with Gasteiger partial charge in [0.05, 0.1) is 35.6 Å². The molecule has 1 aromatic carbocycles. The van der Waals surface area contributed by atoms with Crippen LogP contribution >= 0.6 is 0 Å². The number of nitrogens with two attached hydrogens (primary N) is 1. The number of furan rings is 1. The summed E-state index contributed by atoms with van der Waals surface area (Å²) in [5.74, 6) is -0.306. The molecule has 0 fully saturated rings. The number of allylic oxidation sites excluding steroid dienone is 2. The average Bonchev–Trinajstić information content (AvgIpc) is 3.28. The van der Waals surface area contributed by atoms with E-state index < -0.39 is 11.3 Å². The van der Waals surface area contributed by atoms with Gasteiger partial charge in [-0.1, -0.05) is 36.4 Å². The second kappa shape index (κ2) is 7.32. The van der Waals surface area contributed by atoms with Gasteiger partial charge in [-0.05, 0) is 23.3 Å². The zero-order chi connectivity index (χ0) is 20.4. The molecule has 1 aromatic heterocycles. The third-order valence-corrected chi connectivity index (χ3v) is 5.84. The molecule has 0 bridgehead atoms. The van der Waals surface area contributed by atoms with Crippen LogP contribution in [0.1, 0.15) is 17.2 Å². The van der Waals surface area contributed by atoms with Crippen molar-refractivity contribution in [3.63, 3.8) is 0 Å². The minimum atomic E-state index is -1.65. The summed E-state index contributed by atoms with van der Waals surface area (Å²) in [6.45, 7) is 1.99. The maximum atomic E-state index is 10.0. The van der Waals surface area contributed by atoms with Crippen molar-refractivity contribution >= 4 is 0 Å². The molecule has 0 saturated carbocycles. The summed E-state index contributed by atoms with van der Waals surface area (Å²) >= 11 is 0. The largest absolute Gasteiger partial charge is 0.469 e. The highest BCUT2D eigenvalue weighted by Gasteiger charge is 2.55. The van der Waals surface area contributed by atoms with Gasteiger partial charge in [-0.3, -0.25) is 4.90 Å². The van der Waals surface area contributed by atoms with Crippen LogP contribution in [-0.2, 0) is 6.54 Å². The molecule has 2 atom stereocenters. The first-order chi connectivity index (χ1) is 14.1. The summed E-state index contributed by atoms with van der Waals surface area (Å²) < 4.78 is 5.64. The van der Waals surface area contributed by atoms with Crippen molar-refractivity contribution in [1.29, 1.82) is 15.8 Å². The minimum absolute atomic E-state index is 0.0189. The minimum Gasteiger partial charge on any atom is -0.469 e. The topological polar surface area (TPSA) is 114 Å². The van der Waals surface area contributed by atoms with Crippen molar-refractivity contribution < 1.29 is 4.42 Å². The number of nitriles is 3. The Hall–Kier alpha value is -3.79. The maximum Gasteiger partial charge on any atom is 0.194 e. The second-order valence-electron chi connectivity index (χ2n) is 7.37. The van der Waals surface area contributed by atoms with Crippen LogP contribution < -0.4 is 5.73 Å². The summed E-state index contributed by atoms with van der Waals surface area (Å²) in [5, 5.41) is 29.8. The zero-order valence-electron chi connectivity index (χ0n) is 15.7. The Morgan fingerprint density at radius 1 is 1.10 bits per heavy atom. The van der Waals surface area contributed by atoms with E-state index in [4.69, 9.17) is 10.2 Å². The van der Waals surface area contributed by atoms with Crippen LogP contribution in [0, 0.1) is 45.3 Å². The Morgan fingerprint density at radius 2 is 1.86 bits per heavy atom. The molecule has 0 spiro atoms. The standard InChI is InChI=1S/C23H19N5O/c24-11-18-17-8-9-28(12-16-5-2-1-3-6-16)13-19(17)21(20-7-4-10-29-20)23(14-25,15-26)22(18)27/h1-8,10,19,21H,9,12-13,27H2. The van der Waals surface area contributed by atoms with Crippen molar-refractivity contribution in [3.8, 4) is 18.2 Å². The van der Waals surface area contributed by atoms with Gasteiger partial charge in [0.2, 0.25) is 0 Å². The van der Waals surface area contributed by atoms with E-state index in [-0.39, 0.29) is 17.2 Å². The highest BCUT2D eigenvalue weighted by Crippen LogP contribution is 2.54. The van der Waals surface area contributed by atoms with E-state index in [0.29, 0.717) is 18.8 Å². The SMILES string of the molecule is N#CC1=C(N)C(C#N)(C#N)C(c2ccco2)C2CN(Cc3ccccc3)CC=C12. The van der Waals surface area contributed by atoms with Crippen LogP contribution in [0.4, 0.5) is 0 Å². The predicted molar refractivity (Wildman–Crippen MR) is 105 cm³/mol. The first kappa shape index (κ1) is 18.6. The maximum absolute atomic E-state index is 10.0. The number of hydrogen-bond acceptors (Lipinski definition) is 6. The first-order valence-electron chi connectivity index (χ1n) is 9.37. The van der Waals surface area contributed by atoms with Crippen molar-refractivity contribution in [2.75, 3.05) is 13.1 Å². The van der Waals surface area contributed by atoms with E-state index in [0.717, 1.165) is 12.1 Å². The van der Waals surface area contributed by atoms with E-state index in [1.165, 1.54) is 11.8 Å². The lowest BCUT2D eigenvalue weighted by Gasteiger charge is -2.44. The van der Waals surface area contributed by atoms with Gasteiger partial charge >= 0.3 is 0 Å². The summed E-state index contributed by atoms with van der Waals surface area (Å²) in [4.78, 5) is 2.25. The van der Waals surface area contributed by atoms with E-state index in [9.17, 15) is 15.8 Å². The Kier molecular flexibility index (Phi) is 4.69. The highest BCUT2D eigenvalue weighted by atomic mass is 16.3. The molecular weight excluding hydrogens is 362 g/mol. The van der Waals surface area contributed by atoms with E-state index in [2.05, 4.69) is 35.2 Å². The van der Waals surface area contributed by atoms with Gasteiger partial charge in [-0.2, -0.15) is 15.8 Å². The molecule has 2 unspecified atom stereocenters. The first-order valence-corrected chi connectivity index (χ1v) is 9.37. The summed E-state index contributed by atoms with van der Waals surface area (Å²) in [7, 11) is 0. The molecule has 2 aliphatic rings. The Bertz CT molecular complexity index is 1080. The predicted octanol–water partition coefficient (Wildman–Crippen LogP) is 3.21. The molecule has 0 amide bonds. The molecule has 2 N–H and O–H groups in total. The van der Waals surface area contributed by atoms with Crippen molar-refractivity contribution in [2.24, 2.45) is 17.1 Å². The third kappa shape index (κ3) is 2.90. The summed E-state index contributed by atoms with van der Waals surface area (Å²) in [5.41, 5.74) is 6.87. The fourth-order valence-corrected chi connectivity index (χ4v) is 4.48. The van der Waals surface area contributed by atoms with Crippen LogP contribution in [0.25, 0.3) is 0 Å². The molecule has 1 aliphatic heterocycles. The molecule has 0 saturated heterocycles. The number of fused-ring (bicyclic) bond motifs is 1. The molecule has 29 heavy (non-hydrogen) atoms. The molecule has 2 heterocycles. The lowest BCUT2D eigenvalue weighted by atomic mass is 9.59. The average molecular weight is 381 g/mol. The van der Waals surface area contributed by atoms with Crippen LogP contribution in [-0.4, -0.2) is 18.0 Å². The molecule has 6 nitrogen and oxygen atoms in total. The number of nitrogens with zero attached hydrogens (tertiary/aromatic N) is 4. The fraction of sp³-hybridized carbons (Fsp3) is 0.261. The van der Waals surface area contributed by atoms with E-state index in [1.54, 1.807) is 12.1 Å². The summed E-state index contributed by atoms with van der Waals surface area (Å²) in [6.07, 6.45) is 3.53. The lowest BCUT2D eigenvalue weighted by molar-refractivity contribution is 0.188. The van der Waals surface area contributed by atoms with E-state index in [1.807, 2.05) is 24.3 Å². The van der Waals surface area contributed by atoms with Gasteiger partial charge in [-0.15, -0.1) is 0 Å². The molecule has 4 rings (SSSR count). The van der Waals surface area contributed by atoms with Crippen molar-refractivity contribution in [2.45, 2.75) is 12.5 Å². The number of hydrogen-bond donors (Lipinski definition) is 1. The van der Waals surface area contributed by atoms with Crippen molar-refractivity contribution in [3.05, 3.63) is 83.0 Å². The van der Waals surface area contributed by atoms with Gasteiger partial charge in [0.25, 0.3) is 0 Å². The summed E-state index contributed by atoms with van der Waals surface area (Å²) in [6, 6.07) is 20.0.